The minimum absolute atomic E-state index is 0.0504. The highest BCUT2D eigenvalue weighted by Crippen LogP contribution is 2.33. The van der Waals surface area contributed by atoms with Gasteiger partial charge in [0.05, 0.1) is 6.10 Å². The van der Waals surface area contributed by atoms with Gasteiger partial charge in [-0.2, -0.15) is 0 Å². The van der Waals surface area contributed by atoms with Crippen LogP contribution in [0.15, 0.2) is 12.1 Å². The Morgan fingerprint density at radius 3 is 2.95 bits per heavy atom. The number of aliphatic hydroxyl groups excluding tert-OH is 1. The maximum atomic E-state index is 14.2. The molecule has 1 amide bonds. The van der Waals surface area contributed by atoms with Gasteiger partial charge in [0.1, 0.15) is 5.82 Å². The highest BCUT2D eigenvalue weighted by molar-refractivity contribution is 5.93. The molecule has 0 radical (unpaired) electrons. The number of halogens is 1. The molecule has 2 heterocycles. The molecule has 5 heteroatoms. The van der Waals surface area contributed by atoms with Crippen molar-refractivity contribution in [2.45, 2.75) is 31.8 Å². The molecule has 2 unspecified atom stereocenters. The van der Waals surface area contributed by atoms with Crippen molar-refractivity contribution in [2.24, 2.45) is 5.92 Å². The summed E-state index contributed by atoms with van der Waals surface area (Å²) in [6.45, 7) is 1.68. The molecule has 3 rings (SSSR count). The monoisotopic (exact) mass is 278 g/mol. The molecule has 2 aliphatic heterocycles. The zero-order chi connectivity index (χ0) is 14.1. The van der Waals surface area contributed by atoms with E-state index < -0.39 is 11.9 Å². The van der Waals surface area contributed by atoms with E-state index >= 15 is 0 Å². The molecule has 0 aromatic heterocycles. The van der Waals surface area contributed by atoms with Crippen LogP contribution in [0.3, 0.4) is 0 Å². The SMILES string of the molecule is O=C1CCc2cc(C(O)C3CCCNC3)c(F)cc2N1. The molecule has 2 aliphatic rings. The number of hydrogen-bond acceptors (Lipinski definition) is 3. The number of anilines is 1. The first-order chi connectivity index (χ1) is 9.65. The van der Waals surface area contributed by atoms with Crippen molar-refractivity contribution in [3.8, 4) is 0 Å². The van der Waals surface area contributed by atoms with Gasteiger partial charge in [-0.3, -0.25) is 4.79 Å². The van der Waals surface area contributed by atoms with Crippen LogP contribution >= 0.6 is 0 Å². The van der Waals surface area contributed by atoms with Crippen LogP contribution < -0.4 is 10.6 Å². The van der Waals surface area contributed by atoms with E-state index in [1.807, 2.05) is 0 Å². The lowest BCUT2D eigenvalue weighted by Crippen LogP contribution is -2.33. The van der Waals surface area contributed by atoms with Crippen molar-refractivity contribution in [1.29, 1.82) is 0 Å². The highest BCUT2D eigenvalue weighted by atomic mass is 19.1. The van der Waals surface area contributed by atoms with Crippen LogP contribution in [0.4, 0.5) is 10.1 Å². The van der Waals surface area contributed by atoms with Crippen LogP contribution in [0.2, 0.25) is 0 Å². The summed E-state index contributed by atoms with van der Waals surface area (Å²) < 4.78 is 14.2. The number of fused-ring (bicyclic) bond motifs is 1. The fraction of sp³-hybridized carbons (Fsp3) is 0.533. The van der Waals surface area contributed by atoms with Crippen molar-refractivity contribution in [1.82, 2.24) is 5.32 Å². The molecule has 0 bridgehead atoms. The van der Waals surface area contributed by atoms with E-state index in [9.17, 15) is 14.3 Å². The summed E-state index contributed by atoms with van der Waals surface area (Å²) >= 11 is 0. The smallest absolute Gasteiger partial charge is 0.224 e. The van der Waals surface area contributed by atoms with Crippen molar-refractivity contribution in [3.05, 3.63) is 29.1 Å². The summed E-state index contributed by atoms with van der Waals surface area (Å²) in [7, 11) is 0. The van der Waals surface area contributed by atoms with E-state index in [1.165, 1.54) is 6.07 Å². The Labute approximate surface area is 117 Å². The third kappa shape index (κ3) is 2.55. The number of aryl methyl sites for hydroxylation is 1. The molecule has 0 aliphatic carbocycles. The Balaban J connectivity index is 1.87. The lowest BCUT2D eigenvalue weighted by Gasteiger charge is -2.28. The van der Waals surface area contributed by atoms with E-state index in [2.05, 4.69) is 10.6 Å². The third-order valence-electron chi connectivity index (χ3n) is 4.22. The summed E-state index contributed by atoms with van der Waals surface area (Å²) in [5, 5.41) is 16.3. The zero-order valence-electron chi connectivity index (χ0n) is 11.3. The van der Waals surface area contributed by atoms with Crippen LogP contribution in [0.1, 0.15) is 36.5 Å². The molecular formula is C15H19FN2O2. The van der Waals surface area contributed by atoms with Gasteiger partial charge in [-0.25, -0.2) is 4.39 Å². The van der Waals surface area contributed by atoms with Gasteiger partial charge >= 0.3 is 0 Å². The quantitative estimate of drug-likeness (QED) is 0.772. The number of rotatable bonds is 2. The third-order valence-corrected chi connectivity index (χ3v) is 4.22. The standard InChI is InChI=1S/C15H19FN2O2/c16-12-7-13-9(3-4-14(19)18-13)6-11(12)15(20)10-2-1-5-17-8-10/h6-7,10,15,17,20H,1-5,8H2,(H,18,19). The van der Waals surface area contributed by atoms with Gasteiger partial charge in [0.15, 0.2) is 0 Å². The van der Waals surface area contributed by atoms with Gasteiger partial charge in [0.2, 0.25) is 5.91 Å². The number of carbonyl (C=O) groups is 1. The molecule has 1 saturated heterocycles. The van der Waals surface area contributed by atoms with E-state index in [0.717, 1.165) is 24.9 Å². The Bertz CT molecular complexity index is 527. The Hall–Kier alpha value is -1.46. The second-order valence-corrected chi connectivity index (χ2v) is 5.63. The molecule has 0 spiro atoms. The van der Waals surface area contributed by atoms with Crippen LogP contribution in [0.5, 0.6) is 0 Å². The van der Waals surface area contributed by atoms with Crippen molar-refractivity contribution < 1.29 is 14.3 Å². The van der Waals surface area contributed by atoms with E-state index in [1.54, 1.807) is 6.07 Å². The summed E-state index contributed by atoms with van der Waals surface area (Å²) in [5.41, 5.74) is 1.80. The number of aliphatic hydroxyl groups is 1. The Morgan fingerprint density at radius 1 is 1.35 bits per heavy atom. The minimum atomic E-state index is -0.786. The number of hydrogen-bond donors (Lipinski definition) is 3. The number of benzene rings is 1. The first-order valence-electron chi connectivity index (χ1n) is 7.16. The number of amides is 1. The second kappa shape index (κ2) is 5.50. The summed E-state index contributed by atoms with van der Waals surface area (Å²) in [5.74, 6) is -0.472. The van der Waals surface area contributed by atoms with Crippen LogP contribution in [-0.4, -0.2) is 24.1 Å². The predicted octanol–water partition coefficient (Wildman–Crippen LogP) is 1.74. The molecule has 1 aromatic carbocycles. The van der Waals surface area contributed by atoms with Gasteiger partial charge in [-0.15, -0.1) is 0 Å². The van der Waals surface area contributed by atoms with Crippen molar-refractivity contribution >= 4 is 11.6 Å². The normalized spacial score (nSPS) is 23.9. The molecule has 1 aromatic rings. The van der Waals surface area contributed by atoms with E-state index in [0.29, 0.717) is 30.6 Å². The van der Waals surface area contributed by atoms with Crippen molar-refractivity contribution in [2.75, 3.05) is 18.4 Å². The van der Waals surface area contributed by atoms with Crippen LogP contribution in [0.25, 0.3) is 0 Å². The zero-order valence-corrected chi connectivity index (χ0v) is 11.3. The number of carbonyl (C=O) groups excluding carboxylic acids is 1. The molecule has 108 valence electrons. The van der Waals surface area contributed by atoms with Crippen molar-refractivity contribution in [3.63, 3.8) is 0 Å². The lowest BCUT2D eigenvalue weighted by molar-refractivity contribution is -0.116. The topological polar surface area (TPSA) is 61.4 Å². The molecule has 2 atom stereocenters. The molecular weight excluding hydrogens is 259 g/mol. The lowest BCUT2D eigenvalue weighted by atomic mass is 9.87. The Kier molecular flexibility index (Phi) is 3.72. The van der Waals surface area contributed by atoms with Crippen LogP contribution in [0, 0.1) is 11.7 Å². The van der Waals surface area contributed by atoms with E-state index in [-0.39, 0.29) is 11.8 Å². The highest BCUT2D eigenvalue weighted by Gasteiger charge is 2.27. The second-order valence-electron chi connectivity index (χ2n) is 5.63. The molecule has 0 saturated carbocycles. The van der Waals surface area contributed by atoms with E-state index in [4.69, 9.17) is 0 Å². The maximum Gasteiger partial charge on any atom is 0.224 e. The largest absolute Gasteiger partial charge is 0.388 e. The number of piperidine rings is 1. The number of nitrogens with one attached hydrogen (secondary N) is 2. The maximum absolute atomic E-state index is 14.2. The molecule has 1 fully saturated rings. The first kappa shape index (κ1) is 13.5. The fourth-order valence-electron chi connectivity index (χ4n) is 3.05. The minimum Gasteiger partial charge on any atom is -0.388 e. The molecule has 3 N–H and O–H groups in total. The van der Waals surface area contributed by atoms with Gasteiger partial charge in [0.25, 0.3) is 0 Å². The first-order valence-corrected chi connectivity index (χ1v) is 7.16. The van der Waals surface area contributed by atoms with Gasteiger partial charge < -0.3 is 15.7 Å². The van der Waals surface area contributed by atoms with Gasteiger partial charge in [-0.1, -0.05) is 0 Å². The van der Waals surface area contributed by atoms with Gasteiger partial charge in [0, 0.05) is 30.1 Å². The summed E-state index contributed by atoms with van der Waals surface area (Å²) in [6.07, 6.45) is 2.14. The Morgan fingerprint density at radius 2 is 2.20 bits per heavy atom. The van der Waals surface area contributed by atoms with Crippen LogP contribution in [-0.2, 0) is 11.2 Å². The summed E-state index contributed by atoms with van der Waals surface area (Å²) in [4.78, 5) is 11.3. The predicted molar refractivity (Wildman–Crippen MR) is 73.9 cm³/mol. The fourth-order valence-corrected chi connectivity index (χ4v) is 3.05. The molecule has 4 nitrogen and oxygen atoms in total. The average molecular weight is 278 g/mol. The summed E-state index contributed by atoms with van der Waals surface area (Å²) in [6, 6.07) is 3.05. The molecule has 20 heavy (non-hydrogen) atoms. The average Bonchev–Trinajstić information content (AvgIpc) is 2.46. The van der Waals surface area contributed by atoms with Gasteiger partial charge in [-0.05, 0) is 43.5 Å².